The summed E-state index contributed by atoms with van der Waals surface area (Å²) in [5, 5.41) is 20.0. The molecular formula is C46H74O14P2. The maximum absolute atomic E-state index is 12.6. The Kier molecular flexibility index (Phi) is 38.4. The lowest BCUT2D eigenvalue weighted by molar-refractivity contribution is -0.161. The molecule has 0 fully saturated rings. The monoisotopic (exact) mass is 912 g/mol. The first kappa shape index (κ1) is 58.7. The van der Waals surface area contributed by atoms with E-state index in [2.05, 4.69) is 95.8 Å². The van der Waals surface area contributed by atoms with E-state index in [9.17, 15) is 33.8 Å². The van der Waals surface area contributed by atoms with Gasteiger partial charge in [0, 0.05) is 12.8 Å². The average Bonchev–Trinajstić information content (AvgIpc) is 3.23. The zero-order chi connectivity index (χ0) is 46.0. The number of rotatable bonds is 39. The maximum Gasteiger partial charge on any atom is 0.472 e. The number of carbonyl (C=O) groups is 2. The van der Waals surface area contributed by atoms with Crippen LogP contribution in [0.25, 0.3) is 0 Å². The van der Waals surface area contributed by atoms with E-state index < -0.39 is 72.3 Å². The second-order valence-corrected chi connectivity index (χ2v) is 16.8. The molecular weight excluding hydrogens is 838 g/mol. The Bertz CT molecular complexity index is 1520. The number of carbonyl (C=O) groups excluding carboxylic acids is 2. The van der Waals surface area contributed by atoms with Gasteiger partial charge in [-0.2, -0.15) is 0 Å². The molecule has 62 heavy (non-hydrogen) atoms. The van der Waals surface area contributed by atoms with Crippen molar-refractivity contribution < 1.29 is 66.7 Å². The zero-order valence-corrected chi connectivity index (χ0v) is 38.6. The van der Waals surface area contributed by atoms with Crippen molar-refractivity contribution in [3.8, 4) is 0 Å². The van der Waals surface area contributed by atoms with Crippen LogP contribution >= 0.6 is 15.6 Å². The summed E-state index contributed by atoms with van der Waals surface area (Å²) in [5.41, 5.74) is 0. The summed E-state index contributed by atoms with van der Waals surface area (Å²) < 4.78 is 47.5. The number of aliphatic hydroxyl groups is 2. The summed E-state index contributed by atoms with van der Waals surface area (Å²) in [6.45, 7) is 1.27. The minimum atomic E-state index is -4.90. The van der Waals surface area contributed by atoms with Gasteiger partial charge in [-0.05, 0) is 83.5 Å². The first-order valence-corrected chi connectivity index (χ1v) is 24.7. The SMILES string of the molecule is CC/C=C\C/C=C\C/C=C\C/C=C\C/C=C\C=C/C(O)CCC(=O)OC[C@H](COP(=O)(O)OC[C@@H](O)COP(=O)(O)O)OC(=O)CCCC/C=C\C/C=C\C/C=C\CCCCC. The number of phosphoric acid groups is 2. The Balaban J connectivity index is 4.83. The van der Waals surface area contributed by atoms with Crippen LogP contribution in [-0.4, -0.2) is 81.6 Å². The number of ether oxygens (including phenoxy) is 2. The third-order valence-electron chi connectivity index (χ3n) is 8.25. The minimum absolute atomic E-state index is 0.0260. The molecule has 4 atom stereocenters. The molecule has 352 valence electrons. The molecule has 0 amide bonds. The van der Waals surface area contributed by atoms with Gasteiger partial charge < -0.3 is 34.4 Å². The standard InChI is InChI=1S/C46H74O14P2/c1-3-5-7-9-11-13-15-17-19-21-22-24-26-28-30-32-34-42(47)36-37-45(49)56-40-44(41-59-62(54,55)58-39-43(48)38-57-61(51,52)53)60-46(50)35-33-31-29-27-25-23-20-18-16-14-12-10-8-6-4-2/h5,7,11-14,17-20,22,24-25,27-28,30,32,34,42-44,47-48H,3-4,6,8-10,15-16,21,23,26,29,31,33,35-41H2,1-2H3,(H,54,55)(H2,51,52,53)/b7-5-,13-11-,14-12-,19-17-,20-18-,24-22-,27-25-,30-28-,34-32-/t42?,43-,44+/m0/s1. The van der Waals surface area contributed by atoms with Gasteiger partial charge in [0.1, 0.15) is 12.7 Å². The molecule has 5 N–H and O–H groups in total. The van der Waals surface area contributed by atoms with E-state index in [1.807, 2.05) is 18.2 Å². The van der Waals surface area contributed by atoms with Crippen LogP contribution in [0.2, 0.25) is 0 Å². The zero-order valence-electron chi connectivity index (χ0n) is 36.8. The van der Waals surface area contributed by atoms with E-state index in [0.717, 1.165) is 57.8 Å². The molecule has 0 rings (SSSR count). The van der Waals surface area contributed by atoms with Crippen molar-refractivity contribution in [3.05, 3.63) is 109 Å². The minimum Gasteiger partial charge on any atom is -0.462 e. The number of phosphoric ester groups is 2. The molecule has 0 saturated heterocycles. The highest BCUT2D eigenvalue weighted by atomic mass is 31.2. The van der Waals surface area contributed by atoms with E-state index >= 15 is 0 Å². The number of esters is 2. The topological polar surface area (TPSA) is 216 Å². The highest BCUT2D eigenvalue weighted by molar-refractivity contribution is 7.47. The summed E-state index contributed by atoms with van der Waals surface area (Å²) in [4.78, 5) is 52.7. The predicted octanol–water partition coefficient (Wildman–Crippen LogP) is 10.1. The second-order valence-electron chi connectivity index (χ2n) is 14.1. The molecule has 0 aliphatic carbocycles. The highest BCUT2D eigenvalue weighted by Crippen LogP contribution is 2.43. The number of aliphatic hydroxyl groups excluding tert-OH is 2. The molecule has 0 saturated carbocycles. The molecule has 16 heteroatoms. The molecule has 0 aromatic carbocycles. The quantitative estimate of drug-likeness (QED) is 0.0128. The average molecular weight is 913 g/mol. The van der Waals surface area contributed by atoms with Crippen LogP contribution in [0.15, 0.2) is 109 Å². The largest absolute Gasteiger partial charge is 0.472 e. The normalized spacial score (nSPS) is 15.5. The Labute approximate surface area is 370 Å². The molecule has 0 aliphatic heterocycles. The number of hydrogen-bond acceptors (Lipinski definition) is 11. The third-order valence-corrected chi connectivity index (χ3v) is 9.69. The van der Waals surface area contributed by atoms with Crippen molar-refractivity contribution in [2.24, 2.45) is 0 Å². The smallest absolute Gasteiger partial charge is 0.462 e. The second kappa shape index (κ2) is 40.5. The molecule has 0 spiro atoms. The van der Waals surface area contributed by atoms with Crippen molar-refractivity contribution in [2.75, 3.05) is 26.4 Å². The number of allylic oxidation sites excluding steroid dienone is 17. The van der Waals surface area contributed by atoms with Gasteiger partial charge in [-0.1, -0.05) is 136 Å². The fourth-order valence-corrected chi connectivity index (χ4v) is 6.09. The molecule has 2 unspecified atom stereocenters. The predicted molar refractivity (Wildman–Crippen MR) is 245 cm³/mol. The van der Waals surface area contributed by atoms with Gasteiger partial charge in [-0.3, -0.25) is 23.2 Å². The Morgan fingerprint density at radius 3 is 1.60 bits per heavy atom. The Hall–Kier alpha value is -3.26. The molecule has 0 bridgehead atoms. The van der Waals surface area contributed by atoms with Crippen molar-refractivity contribution in [3.63, 3.8) is 0 Å². The van der Waals surface area contributed by atoms with E-state index in [0.29, 0.717) is 12.8 Å². The van der Waals surface area contributed by atoms with Crippen molar-refractivity contribution in [1.82, 2.24) is 0 Å². The highest BCUT2D eigenvalue weighted by Gasteiger charge is 2.28. The van der Waals surface area contributed by atoms with Crippen molar-refractivity contribution in [1.29, 1.82) is 0 Å². The molecule has 0 radical (unpaired) electrons. The summed E-state index contributed by atoms with van der Waals surface area (Å²) >= 11 is 0. The van der Waals surface area contributed by atoms with Crippen molar-refractivity contribution in [2.45, 2.75) is 141 Å². The van der Waals surface area contributed by atoms with Gasteiger partial charge in [-0.25, -0.2) is 9.13 Å². The van der Waals surface area contributed by atoms with Gasteiger partial charge in [-0.15, -0.1) is 0 Å². The van der Waals surface area contributed by atoms with Gasteiger partial charge in [0.05, 0.1) is 25.9 Å². The molecule has 14 nitrogen and oxygen atoms in total. The molecule has 0 heterocycles. The lowest BCUT2D eigenvalue weighted by Gasteiger charge is -2.20. The van der Waals surface area contributed by atoms with E-state index in [1.54, 1.807) is 12.2 Å². The first-order valence-electron chi connectivity index (χ1n) is 21.7. The van der Waals surface area contributed by atoms with E-state index in [-0.39, 0.29) is 19.3 Å². The summed E-state index contributed by atoms with van der Waals surface area (Å²) in [6.07, 6.45) is 45.6. The van der Waals surface area contributed by atoms with Crippen LogP contribution in [0.5, 0.6) is 0 Å². The molecule has 0 aromatic heterocycles. The molecule has 0 aliphatic rings. The Morgan fingerprint density at radius 1 is 0.548 bits per heavy atom. The van der Waals surface area contributed by atoms with Crippen molar-refractivity contribution >= 4 is 27.6 Å². The maximum atomic E-state index is 12.6. The lowest BCUT2D eigenvalue weighted by atomic mass is 10.1. The fourth-order valence-electron chi connectivity index (χ4n) is 4.93. The first-order chi connectivity index (χ1) is 29.8. The van der Waals surface area contributed by atoms with Crippen LogP contribution in [0, 0.1) is 0 Å². The van der Waals surface area contributed by atoms with Crippen LogP contribution in [-0.2, 0) is 41.8 Å². The summed E-state index contributed by atoms with van der Waals surface area (Å²) in [6, 6.07) is 0. The van der Waals surface area contributed by atoms with Gasteiger partial charge >= 0.3 is 27.6 Å². The van der Waals surface area contributed by atoms with Crippen LogP contribution in [0.4, 0.5) is 0 Å². The fraction of sp³-hybridized carbons (Fsp3) is 0.565. The number of unbranched alkanes of at least 4 members (excludes halogenated alkanes) is 5. The third kappa shape index (κ3) is 43.4. The lowest BCUT2D eigenvalue weighted by Crippen LogP contribution is -2.30. The molecule has 0 aromatic rings. The number of hydrogen-bond donors (Lipinski definition) is 5. The summed E-state index contributed by atoms with van der Waals surface area (Å²) in [5.74, 6) is -1.37. The van der Waals surface area contributed by atoms with Gasteiger partial charge in [0.15, 0.2) is 6.10 Å². The van der Waals surface area contributed by atoms with Gasteiger partial charge in [0.2, 0.25) is 0 Å². The van der Waals surface area contributed by atoms with Crippen LogP contribution < -0.4 is 0 Å². The van der Waals surface area contributed by atoms with E-state index in [4.69, 9.17) is 23.8 Å². The van der Waals surface area contributed by atoms with Crippen LogP contribution in [0.1, 0.15) is 123 Å². The summed E-state index contributed by atoms with van der Waals surface area (Å²) in [7, 11) is -9.78. The van der Waals surface area contributed by atoms with E-state index in [1.165, 1.54) is 25.3 Å². The Morgan fingerprint density at radius 2 is 1.05 bits per heavy atom. The van der Waals surface area contributed by atoms with Gasteiger partial charge in [0.25, 0.3) is 0 Å². The van der Waals surface area contributed by atoms with Crippen LogP contribution in [0.3, 0.4) is 0 Å².